The van der Waals surface area contributed by atoms with Gasteiger partial charge in [0.05, 0.1) is 13.2 Å². The number of nitrogens with zero attached hydrogens (tertiary/aromatic N) is 1. The maximum Gasteiger partial charge on any atom is 0.313 e. The fraction of sp³-hybridized carbons (Fsp3) is 0.269. The maximum absolute atomic E-state index is 12.1. The fourth-order valence-corrected chi connectivity index (χ4v) is 3.37. The van der Waals surface area contributed by atoms with Crippen molar-refractivity contribution in [1.82, 2.24) is 4.98 Å². The van der Waals surface area contributed by atoms with Gasteiger partial charge < -0.3 is 9.47 Å². The van der Waals surface area contributed by atoms with E-state index in [2.05, 4.69) is 29.2 Å². The van der Waals surface area contributed by atoms with Crippen LogP contribution in [0.3, 0.4) is 0 Å². The number of benzene rings is 2. The molecule has 0 spiro atoms. The van der Waals surface area contributed by atoms with Gasteiger partial charge in [0.15, 0.2) is 5.78 Å². The zero-order valence-electron chi connectivity index (χ0n) is 17.5. The molecule has 3 rings (SSSR count). The average molecular weight is 418 g/mol. The molecule has 0 atom stereocenters. The Kier molecular flexibility index (Phi) is 8.95. The van der Waals surface area contributed by atoms with Crippen molar-refractivity contribution in [2.45, 2.75) is 25.2 Å². The van der Waals surface area contributed by atoms with Crippen LogP contribution in [0.4, 0.5) is 0 Å². The molecule has 2 aromatic carbocycles. The number of carbonyl (C=O) groups excluding carboxylic acids is 2. The van der Waals surface area contributed by atoms with Gasteiger partial charge in [-0.15, -0.1) is 0 Å². The predicted octanol–water partition coefficient (Wildman–Crippen LogP) is 4.37. The molecular formula is C26H27NO4. The lowest BCUT2D eigenvalue weighted by Gasteiger charge is -2.18. The van der Waals surface area contributed by atoms with Gasteiger partial charge in [-0.3, -0.25) is 14.6 Å². The number of hydrogen-bond donors (Lipinski definition) is 0. The minimum Gasteiger partial charge on any atom is -0.465 e. The molecule has 0 unspecified atom stereocenters. The van der Waals surface area contributed by atoms with Crippen LogP contribution in [-0.2, 0) is 25.5 Å². The average Bonchev–Trinajstić information content (AvgIpc) is 2.81. The highest BCUT2D eigenvalue weighted by atomic mass is 16.5. The summed E-state index contributed by atoms with van der Waals surface area (Å²) in [5, 5.41) is 0. The molecule has 0 bridgehead atoms. The number of aromatic nitrogens is 1. The predicted molar refractivity (Wildman–Crippen MR) is 119 cm³/mol. The molecule has 0 aliphatic heterocycles. The van der Waals surface area contributed by atoms with Gasteiger partial charge in [0.2, 0.25) is 0 Å². The molecule has 1 heterocycles. The molecule has 0 saturated carbocycles. The number of Topliss-reactive ketones (excluding diaryl/α,β-unsaturated/α-hetero) is 1. The molecule has 0 fully saturated rings. The van der Waals surface area contributed by atoms with Crippen molar-refractivity contribution < 1.29 is 19.1 Å². The van der Waals surface area contributed by atoms with E-state index in [-0.39, 0.29) is 31.3 Å². The maximum atomic E-state index is 12.1. The molecule has 3 aromatic rings. The first-order chi connectivity index (χ1) is 15.2. The lowest BCUT2D eigenvalue weighted by atomic mass is 9.89. The third-order valence-electron chi connectivity index (χ3n) is 4.94. The molecule has 160 valence electrons. The number of ketones is 1. The minimum absolute atomic E-state index is 0.0913. The molecule has 0 N–H and O–H groups in total. The number of esters is 1. The zero-order valence-corrected chi connectivity index (χ0v) is 17.5. The van der Waals surface area contributed by atoms with Crippen LogP contribution >= 0.6 is 0 Å². The highest BCUT2D eigenvalue weighted by Gasteiger charge is 2.16. The topological polar surface area (TPSA) is 65.5 Å². The van der Waals surface area contributed by atoms with Gasteiger partial charge in [0, 0.05) is 18.3 Å². The fourth-order valence-electron chi connectivity index (χ4n) is 3.37. The van der Waals surface area contributed by atoms with Gasteiger partial charge in [-0.25, -0.2) is 0 Å². The third-order valence-corrected chi connectivity index (χ3v) is 4.94. The lowest BCUT2D eigenvalue weighted by molar-refractivity contribution is -0.147. The quantitative estimate of drug-likeness (QED) is 0.249. The first-order valence-corrected chi connectivity index (χ1v) is 10.5. The van der Waals surface area contributed by atoms with Gasteiger partial charge in [-0.1, -0.05) is 66.7 Å². The monoisotopic (exact) mass is 417 g/mol. The van der Waals surface area contributed by atoms with Crippen molar-refractivity contribution in [1.29, 1.82) is 0 Å². The summed E-state index contributed by atoms with van der Waals surface area (Å²) in [5.74, 6) is -0.665. The summed E-state index contributed by atoms with van der Waals surface area (Å²) in [4.78, 5) is 28.1. The zero-order chi connectivity index (χ0) is 21.7. The third kappa shape index (κ3) is 7.79. The van der Waals surface area contributed by atoms with Crippen molar-refractivity contribution in [2.24, 2.45) is 0 Å². The highest BCUT2D eigenvalue weighted by Crippen LogP contribution is 2.27. The van der Waals surface area contributed by atoms with Crippen LogP contribution < -0.4 is 0 Å². The smallest absolute Gasteiger partial charge is 0.313 e. The Morgan fingerprint density at radius 3 is 2.13 bits per heavy atom. The van der Waals surface area contributed by atoms with E-state index in [0.29, 0.717) is 19.4 Å². The number of ether oxygens (including phenoxy) is 2. The molecule has 0 aliphatic rings. The van der Waals surface area contributed by atoms with Crippen molar-refractivity contribution in [3.05, 3.63) is 102 Å². The van der Waals surface area contributed by atoms with Gasteiger partial charge >= 0.3 is 5.97 Å². The highest BCUT2D eigenvalue weighted by molar-refractivity contribution is 5.96. The van der Waals surface area contributed by atoms with Crippen molar-refractivity contribution in [3.63, 3.8) is 0 Å². The summed E-state index contributed by atoms with van der Waals surface area (Å²) in [5.41, 5.74) is 3.38. The summed E-state index contributed by atoms with van der Waals surface area (Å²) < 4.78 is 10.7. The summed E-state index contributed by atoms with van der Waals surface area (Å²) in [6.45, 7) is 0.566. The summed E-state index contributed by atoms with van der Waals surface area (Å²) in [7, 11) is 0. The Balaban J connectivity index is 1.39. The molecule has 1 aromatic heterocycles. The number of carbonyl (C=O) groups is 2. The summed E-state index contributed by atoms with van der Waals surface area (Å²) in [6.07, 6.45) is 4.53. The Bertz CT molecular complexity index is 890. The Morgan fingerprint density at radius 1 is 0.839 bits per heavy atom. The number of rotatable bonds is 12. The van der Waals surface area contributed by atoms with Crippen LogP contribution in [0.2, 0.25) is 0 Å². The minimum atomic E-state index is -0.513. The van der Waals surface area contributed by atoms with E-state index in [9.17, 15) is 9.59 Å². The number of hydrogen-bond acceptors (Lipinski definition) is 5. The SMILES string of the molecule is O=C(COCCc1cccnc1)CC(=O)OCCC(c1ccccc1)c1ccccc1. The summed E-state index contributed by atoms with van der Waals surface area (Å²) >= 11 is 0. The first kappa shape index (κ1) is 22.4. The second-order valence-corrected chi connectivity index (χ2v) is 7.26. The Labute approximate surface area is 183 Å². The van der Waals surface area contributed by atoms with Crippen LogP contribution in [0, 0.1) is 0 Å². The Hall–Kier alpha value is -3.31. The van der Waals surface area contributed by atoms with E-state index in [1.807, 2.05) is 48.5 Å². The lowest BCUT2D eigenvalue weighted by Crippen LogP contribution is -2.18. The molecule has 0 saturated heterocycles. The second-order valence-electron chi connectivity index (χ2n) is 7.26. The van der Waals surface area contributed by atoms with Crippen LogP contribution in [0.1, 0.15) is 35.4 Å². The molecule has 31 heavy (non-hydrogen) atoms. The van der Waals surface area contributed by atoms with Crippen molar-refractivity contribution in [2.75, 3.05) is 19.8 Å². The Morgan fingerprint density at radius 2 is 1.52 bits per heavy atom. The van der Waals surface area contributed by atoms with Crippen LogP contribution in [0.25, 0.3) is 0 Å². The molecule has 0 aliphatic carbocycles. The van der Waals surface area contributed by atoms with Crippen LogP contribution in [0.5, 0.6) is 0 Å². The standard InChI is InChI=1S/C26H27NO4/c28-24(20-30-16-13-21-8-7-15-27-19-21)18-26(29)31-17-14-25(22-9-3-1-4-10-22)23-11-5-2-6-12-23/h1-12,15,19,25H,13-14,16-18,20H2. The molecular weight excluding hydrogens is 390 g/mol. The second kappa shape index (κ2) is 12.4. The summed E-state index contributed by atoms with van der Waals surface area (Å²) in [6, 6.07) is 24.1. The van der Waals surface area contributed by atoms with E-state index >= 15 is 0 Å². The first-order valence-electron chi connectivity index (χ1n) is 10.5. The molecule has 5 heteroatoms. The van der Waals surface area contributed by atoms with Crippen LogP contribution in [-0.4, -0.2) is 36.6 Å². The largest absolute Gasteiger partial charge is 0.465 e. The van der Waals surface area contributed by atoms with Crippen molar-refractivity contribution >= 4 is 11.8 Å². The van der Waals surface area contributed by atoms with E-state index in [4.69, 9.17) is 9.47 Å². The van der Waals surface area contributed by atoms with Gasteiger partial charge in [0.25, 0.3) is 0 Å². The van der Waals surface area contributed by atoms with E-state index in [1.165, 1.54) is 11.1 Å². The molecule has 0 radical (unpaired) electrons. The van der Waals surface area contributed by atoms with Gasteiger partial charge in [0.1, 0.15) is 13.0 Å². The van der Waals surface area contributed by atoms with Gasteiger partial charge in [-0.2, -0.15) is 0 Å². The van der Waals surface area contributed by atoms with Gasteiger partial charge in [-0.05, 0) is 35.6 Å². The van der Waals surface area contributed by atoms with E-state index in [1.54, 1.807) is 12.4 Å². The van der Waals surface area contributed by atoms with Crippen molar-refractivity contribution in [3.8, 4) is 0 Å². The molecule has 5 nitrogen and oxygen atoms in total. The van der Waals surface area contributed by atoms with Crippen LogP contribution in [0.15, 0.2) is 85.2 Å². The normalized spacial score (nSPS) is 10.7. The van der Waals surface area contributed by atoms with E-state index in [0.717, 1.165) is 5.56 Å². The number of pyridine rings is 1. The molecule has 0 amide bonds. The van der Waals surface area contributed by atoms with E-state index < -0.39 is 5.97 Å².